The summed E-state index contributed by atoms with van der Waals surface area (Å²) in [5, 5.41) is 0. The molecule has 1 saturated carbocycles. The quantitative estimate of drug-likeness (QED) is 0.590. The fourth-order valence-electron chi connectivity index (χ4n) is 2.79. The van der Waals surface area contributed by atoms with Crippen LogP contribution in [0.3, 0.4) is 0 Å². The molecule has 2 aliphatic carbocycles. The summed E-state index contributed by atoms with van der Waals surface area (Å²) >= 11 is 0. The van der Waals surface area contributed by atoms with Crippen molar-refractivity contribution < 1.29 is 9.53 Å². The minimum Gasteiger partial charge on any atom is -0.459 e. The zero-order valence-corrected chi connectivity index (χ0v) is 9.58. The SMILES string of the molecule is O=C(OCc1ccccn1)[C@@H]1C[C@@H]2C=C[C@H]1C2. The van der Waals surface area contributed by atoms with Crippen LogP contribution in [-0.4, -0.2) is 11.0 Å². The summed E-state index contributed by atoms with van der Waals surface area (Å²) < 4.78 is 5.33. The minimum atomic E-state index is -0.0625. The Morgan fingerprint density at radius 2 is 2.29 bits per heavy atom. The number of esters is 1. The van der Waals surface area contributed by atoms with Gasteiger partial charge in [-0.3, -0.25) is 9.78 Å². The van der Waals surface area contributed by atoms with Gasteiger partial charge in [0.05, 0.1) is 11.6 Å². The number of carbonyl (C=O) groups excluding carboxylic acids is 1. The number of allylic oxidation sites excluding steroid dienone is 2. The molecule has 2 aliphatic rings. The van der Waals surface area contributed by atoms with Crippen LogP contribution in [0.5, 0.6) is 0 Å². The maximum Gasteiger partial charge on any atom is 0.309 e. The van der Waals surface area contributed by atoms with Crippen LogP contribution < -0.4 is 0 Å². The molecule has 17 heavy (non-hydrogen) atoms. The predicted molar refractivity (Wildman–Crippen MR) is 62.9 cm³/mol. The van der Waals surface area contributed by atoms with Gasteiger partial charge in [-0.25, -0.2) is 0 Å². The predicted octanol–water partition coefficient (Wildman–Crippen LogP) is 2.34. The number of nitrogens with zero attached hydrogens (tertiary/aromatic N) is 1. The van der Waals surface area contributed by atoms with E-state index in [1.54, 1.807) is 6.20 Å². The molecule has 3 atom stereocenters. The highest BCUT2D eigenvalue weighted by Crippen LogP contribution is 2.43. The van der Waals surface area contributed by atoms with Gasteiger partial charge in [-0.05, 0) is 36.8 Å². The second kappa shape index (κ2) is 4.32. The molecule has 0 unspecified atom stereocenters. The fourth-order valence-corrected chi connectivity index (χ4v) is 2.79. The Bertz CT molecular complexity index is 441. The smallest absolute Gasteiger partial charge is 0.309 e. The monoisotopic (exact) mass is 229 g/mol. The summed E-state index contributed by atoms with van der Waals surface area (Å²) in [6.45, 7) is 0.289. The third kappa shape index (κ3) is 2.09. The summed E-state index contributed by atoms with van der Waals surface area (Å²) in [5.41, 5.74) is 0.805. The van der Waals surface area contributed by atoms with E-state index >= 15 is 0 Å². The topological polar surface area (TPSA) is 39.2 Å². The van der Waals surface area contributed by atoms with E-state index in [0.29, 0.717) is 11.8 Å². The van der Waals surface area contributed by atoms with Crippen molar-refractivity contribution in [3.05, 3.63) is 42.2 Å². The lowest BCUT2D eigenvalue weighted by atomic mass is 9.94. The first kappa shape index (κ1) is 10.5. The molecule has 0 aromatic carbocycles. The van der Waals surface area contributed by atoms with E-state index in [0.717, 1.165) is 18.5 Å². The lowest BCUT2D eigenvalue weighted by molar-refractivity contribution is -0.150. The van der Waals surface area contributed by atoms with E-state index in [2.05, 4.69) is 17.1 Å². The van der Waals surface area contributed by atoms with Crippen LogP contribution in [0.1, 0.15) is 18.5 Å². The van der Waals surface area contributed by atoms with Crippen molar-refractivity contribution in [2.75, 3.05) is 0 Å². The van der Waals surface area contributed by atoms with E-state index in [-0.39, 0.29) is 18.5 Å². The highest BCUT2D eigenvalue weighted by atomic mass is 16.5. The highest BCUT2D eigenvalue weighted by Gasteiger charge is 2.40. The lowest BCUT2D eigenvalue weighted by Gasteiger charge is -2.16. The minimum absolute atomic E-state index is 0.0625. The van der Waals surface area contributed by atoms with E-state index in [4.69, 9.17) is 4.74 Å². The van der Waals surface area contributed by atoms with Gasteiger partial charge in [-0.15, -0.1) is 0 Å². The molecule has 0 saturated heterocycles. The van der Waals surface area contributed by atoms with Crippen LogP contribution in [0.25, 0.3) is 0 Å². The molecule has 88 valence electrons. The van der Waals surface area contributed by atoms with Gasteiger partial charge in [-0.1, -0.05) is 18.2 Å². The number of rotatable bonds is 3. The molecule has 3 heteroatoms. The highest BCUT2D eigenvalue weighted by molar-refractivity contribution is 5.74. The average molecular weight is 229 g/mol. The second-order valence-corrected chi connectivity index (χ2v) is 4.82. The molecule has 0 aliphatic heterocycles. The van der Waals surface area contributed by atoms with Gasteiger partial charge in [0.2, 0.25) is 0 Å². The zero-order valence-electron chi connectivity index (χ0n) is 9.58. The van der Waals surface area contributed by atoms with Crippen molar-refractivity contribution in [1.82, 2.24) is 4.98 Å². The Kier molecular flexibility index (Phi) is 2.67. The van der Waals surface area contributed by atoms with Crippen LogP contribution in [-0.2, 0) is 16.1 Å². The first-order valence-electron chi connectivity index (χ1n) is 6.08. The van der Waals surface area contributed by atoms with E-state index < -0.39 is 0 Å². The molecule has 1 fully saturated rings. The van der Waals surface area contributed by atoms with Gasteiger partial charge < -0.3 is 4.74 Å². The van der Waals surface area contributed by atoms with Gasteiger partial charge in [0.1, 0.15) is 6.61 Å². The number of hydrogen-bond acceptors (Lipinski definition) is 3. The Hall–Kier alpha value is -1.64. The standard InChI is InChI=1S/C14H15NO2/c16-14(13-8-10-4-5-11(13)7-10)17-9-12-3-1-2-6-15-12/h1-6,10-11,13H,7-9H2/t10-,11+,13-/m1/s1. The lowest BCUT2D eigenvalue weighted by Crippen LogP contribution is -2.21. The molecular formula is C14H15NO2. The van der Waals surface area contributed by atoms with Gasteiger partial charge in [0, 0.05) is 6.20 Å². The molecule has 3 rings (SSSR count). The molecule has 0 radical (unpaired) electrons. The molecule has 3 nitrogen and oxygen atoms in total. The summed E-state index contributed by atoms with van der Waals surface area (Å²) in [4.78, 5) is 16.1. The summed E-state index contributed by atoms with van der Waals surface area (Å²) in [7, 11) is 0. The van der Waals surface area contributed by atoms with Gasteiger partial charge in [0.25, 0.3) is 0 Å². The normalized spacial score (nSPS) is 29.5. The third-order valence-electron chi connectivity index (χ3n) is 3.67. The van der Waals surface area contributed by atoms with Gasteiger partial charge >= 0.3 is 5.97 Å². The Balaban J connectivity index is 1.56. The van der Waals surface area contributed by atoms with Crippen LogP contribution in [0.4, 0.5) is 0 Å². The molecule has 0 amide bonds. The van der Waals surface area contributed by atoms with E-state index in [1.165, 1.54) is 0 Å². The number of carbonyl (C=O) groups is 1. The Morgan fingerprint density at radius 1 is 1.35 bits per heavy atom. The number of aromatic nitrogens is 1. The van der Waals surface area contributed by atoms with E-state index in [1.807, 2.05) is 18.2 Å². The molecule has 1 aromatic heterocycles. The van der Waals surface area contributed by atoms with Crippen molar-refractivity contribution in [1.29, 1.82) is 0 Å². The maximum atomic E-state index is 11.9. The van der Waals surface area contributed by atoms with Crippen molar-refractivity contribution in [2.45, 2.75) is 19.4 Å². The van der Waals surface area contributed by atoms with Crippen molar-refractivity contribution >= 4 is 5.97 Å². The number of ether oxygens (including phenoxy) is 1. The van der Waals surface area contributed by atoms with Crippen molar-refractivity contribution in [3.63, 3.8) is 0 Å². The fraction of sp³-hybridized carbons (Fsp3) is 0.429. The van der Waals surface area contributed by atoms with Crippen molar-refractivity contribution in [3.8, 4) is 0 Å². The molecule has 1 aromatic rings. The molecule has 1 heterocycles. The maximum absolute atomic E-state index is 11.9. The molecular weight excluding hydrogens is 214 g/mol. The van der Waals surface area contributed by atoms with Crippen LogP contribution in [0.2, 0.25) is 0 Å². The zero-order chi connectivity index (χ0) is 11.7. The second-order valence-electron chi connectivity index (χ2n) is 4.82. The van der Waals surface area contributed by atoms with Crippen LogP contribution >= 0.6 is 0 Å². The number of fused-ring (bicyclic) bond motifs is 2. The van der Waals surface area contributed by atoms with Gasteiger partial charge in [0.15, 0.2) is 0 Å². The average Bonchev–Trinajstić information content (AvgIpc) is 2.99. The molecule has 0 spiro atoms. The Labute approximate surface area is 101 Å². The Morgan fingerprint density at radius 3 is 2.94 bits per heavy atom. The first-order valence-corrected chi connectivity index (χ1v) is 6.08. The van der Waals surface area contributed by atoms with Crippen LogP contribution in [0, 0.1) is 17.8 Å². The number of hydrogen-bond donors (Lipinski definition) is 0. The summed E-state index contributed by atoms with van der Waals surface area (Å²) in [5.74, 6) is 1.03. The number of pyridine rings is 1. The summed E-state index contributed by atoms with van der Waals surface area (Å²) in [6, 6.07) is 5.62. The largest absolute Gasteiger partial charge is 0.459 e. The molecule has 2 bridgehead atoms. The van der Waals surface area contributed by atoms with Gasteiger partial charge in [-0.2, -0.15) is 0 Å². The third-order valence-corrected chi connectivity index (χ3v) is 3.67. The first-order chi connectivity index (χ1) is 8.33. The molecule has 0 N–H and O–H groups in total. The van der Waals surface area contributed by atoms with Crippen molar-refractivity contribution in [2.24, 2.45) is 17.8 Å². The van der Waals surface area contributed by atoms with E-state index in [9.17, 15) is 4.79 Å². The van der Waals surface area contributed by atoms with Crippen LogP contribution in [0.15, 0.2) is 36.5 Å². The summed E-state index contributed by atoms with van der Waals surface area (Å²) in [6.07, 6.45) is 8.20.